The lowest BCUT2D eigenvalue weighted by molar-refractivity contribution is -0.274. The van der Waals surface area contributed by atoms with Crippen molar-refractivity contribution in [3.8, 4) is 11.5 Å². The fourth-order valence-corrected chi connectivity index (χ4v) is 2.73. The monoisotopic (exact) mass is 421 g/mol. The van der Waals surface area contributed by atoms with E-state index in [0.29, 0.717) is 6.42 Å². The zero-order chi connectivity index (χ0) is 20.3. The Hall–Kier alpha value is -2.55. The van der Waals surface area contributed by atoms with E-state index >= 15 is 0 Å². The topological polar surface area (TPSA) is 40.0 Å². The fraction of sp³-hybridized carbons (Fsp3) is 0.278. The van der Waals surface area contributed by atoms with Crippen LogP contribution in [-0.4, -0.2) is 31.5 Å². The van der Waals surface area contributed by atoms with Crippen LogP contribution in [0.5, 0.6) is 11.5 Å². The summed E-state index contributed by atoms with van der Waals surface area (Å²) >= 11 is 5.88. The Morgan fingerprint density at radius 3 is 2.50 bits per heavy atom. The number of aliphatic imine (C=N–C) groups is 1. The van der Waals surface area contributed by atoms with Gasteiger partial charge in [-0.25, -0.2) is 13.8 Å². The number of nitrogens with zero attached hydrogens (tertiary/aromatic N) is 1. The second-order valence-corrected chi connectivity index (χ2v) is 6.18. The summed E-state index contributed by atoms with van der Waals surface area (Å²) in [5.41, 5.74) is -0.325. The van der Waals surface area contributed by atoms with Gasteiger partial charge in [0.25, 0.3) is 0 Å². The van der Waals surface area contributed by atoms with Crippen LogP contribution in [0.1, 0.15) is 12.0 Å². The summed E-state index contributed by atoms with van der Waals surface area (Å²) in [7, 11) is 0. The molecule has 1 aliphatic rings. The minimum Gasteiger partial charge on any atom is -0.492 e. The molecule has 0 aromatic heterocycles. The zero-order valence-electron chi connectivity index (χ0n) is 14.1. The quantitative estimate of drug-likeness (QED) is 0.607. The molecule has 28 heavy (non-hydrogen) atoms. The molecule has 3 rings (SSSR count). The van der Waals surface area contributed by atoms with E-state index in [1.54, 1.807) is 0 Å². The molecule has 1 aliphatic heterocycles. The van der Waals surface area contributed by atoms with E-state index in [2.05, 4.69) is 9.73 Å². The van der Waals surface area contributed by atoms with Crippen LogP contribution in [0.4, 0.5) is 22.0 Å². The van der Waals surface area contributed by atoms with Crippen molar-refractivity contribution >= 4 is 17.5 Å². The van der Waals surface area contributed by atoms with Crippen LogP contribution in [0.2, 0.25) is 5.02 Å². The lowest BCUT2D eigenvalue weighted by atomic mass is 10.2. The average molecular weight is 422 g/mol. The third-order valence-electron chi connectivity index (χ3n) is 3.73. The highest BCUT2D eigenvalue weighted by Gasteiger charge is 2.31. The Labute approximate surface area is 161 Å². The number of hydrogen-bond acceptors (Lipinski definition) is 4. The maximum Gasteiger partial charge on any atom is 0.573 e. The number of rotatable bonds is 6. The van der Waals surface area contributed by atoms with Gasteiger partial charge in [0.1, 0.15) is 35.3 Å². The molecule has 1 atom stereocenters. The fourth-order valence-electron chi connectivity index (χ4n) is 2.50. The molecule has 0 N–H and O–H groups in total. The van der Waals surface area contributed by atoms with Crippen molar-refractivity contribution in [2.24, 2.45) is 4.99 Å². The molecule has 2 aromatic carbocycles. The van der Waals surface area contributed by atoms with Gasteiger partial charge in [-0.3, -0.25) is 0 Å². The highest BCUT2D eigenvalue weighted by atomic mass is 35.5. The summed E-state index contributed by atoms with van der Waals surface area (Å²) in [6.07, 6.45) is -4.47. The molecule has 0 bridgehead atoms. The summed E-state index contributed by atoms with van der Waals surface area (Å²) < 4.78 is 78.5. The molecular formula is C18H13ClF5NO3. The Bertz CT molecular complexity index is 868. The summed E-state index contributed by atoms with van der Waals surface area (Å²) in [6, 6.07) is 6.37. The normalized spacial score (nSPS) is 16.5. The van der Waals surface area contributed by atoms with Gasteiger partial charge in [-0.05, 0) is 24.3 Å². The van der Waals surface area contributed by atoms with Gasteiger partial charge in [0.2, 0.25) is 5.90 Å². The van der Waals surface area contributed by atoms with E-state index in [0.717, 1.165) is 24.3 Å². The molecule has 0 aliphatic carbocycles. The van der Waals surface area contributed by atoms with Crippen molar-refractivity contribution in [1.82, 2.24) is 0 Å². The van der Waals surface area contributed by atoms with Crippen LogP contribution >= 0.6 is 11.6 Å². The van der Waals surface area contributed by atoms with E-state index in [1.807, 2.05) is 0 Å². The van der Waals surface area contributed by atoms with Crippen LogP contribution in [-0.2, 0) is 4.74 Å². The van der Waals surface area contributed by atoms with Crippen molar-refractivity contribution < 1.29 is 36.2 Å². The van der Waals surface area contributed by atoms with Crippen LogP contribution in [0.25, 0.3) is 0 Å². The predicted octanol–water partition coefficient (Wildman–Crippen LogP) is 5.13. The zero-order valence-corrected chi connectivity index (χ0v) is 14.9. The summed E-state index contributed by atoms with van der Waals surface area (Å²) in [5, 5.41) is -0.0537. The summed E-state index contributed by atoms with van der Waals surface area (Å²) in [5.74, 6) is -1.96. The molecular weight excluding hydrogens is 409 g/mol. The number of benzene rings is 2. The molecule has 1 heterocycles. The van der Waals surface area contributed by atoms with Gasteiger partial charge in [0, 0.05) is 12.5 Å². The molecule has 0 saturated carbocycles. The molecule has 10 heteroatoms. The first-order chi connectivity index (χ1) is 13.2. The molecule has 0 amide bonds. The summed E-state index contributed by atoms with van der Waals surface area (Å²) in [4.78, 5) is 4.14. The van der Waals surface area contributed by atoms with Gasteiger partial charge < -0.3 is 14.2 Å². The van der Waals surface area contributed by atoms with Crippen molar-refractivity contribution in [2.45, 2.75) is 18.8 Å². The second kappa shape index (κ2) is 8.22. The molecule has 2 aromatic rings. The predicted molar refractivity (Wildman–Crippen MR) is 90.9 cm³/mol. The first-order valence-corrected chi connectivity index (χ1v) is 8.44. The van der Waals surface area contributed by atoms with Crippen LogP contribution in [0.15, 0.2) is 41.4 Å². The highest BCUT2D eigenvalue weighted by Crippen LogP contribution is 2.32. The van der Waals surface area contributed by atoms with Crippen molar-refractivity contribution in [1.29, 1.82) is 0 Å². The van der Waals surface area contributed by atoms with Crippen LogP contribution < -0.4 is 9.47 Å². The van der Waals surface area contributed by atoms with E-state index < -0.39 is 23.7 Å². The Kier molecular flexibility index (Phi) is 5.93. The molecule has 4 nitrogen and oxygen atoms in total. The average Bonchev–Trinajstić information content (AvgIpc) is 3.04. The molecule has 1 unspecified atom stereocenters. The third-order valence-corrected chi connectivity index (χ3v) is 4.03. The molecule has 150 valence electrons. The van der Waals surface area contributed by atoms with Gasteiger partial charge in [0.05, 0.1) is 17.7 Å². The minimum atomic E-state index is -4.82. The number of ether oxygens (including phenoxy) is 3. The first-order valence-electron chi connectivity index (χ1n) is 8.06. The van der Waals surface area contributed by atoms with Gasteiger partial charge in [-0.1, -0.05) is 17.7 Å². The van der Waals surface area contributed by atoms with Crippen LogP contribution in [0, 0.1) is 11.6 Å². The lowest BCUT2D eigenvalue weighted by Crippen LogP contribution is -2.17. The van der Waals surface area contributed by atoms with Crippen molar-refractivity contribution in [3.05, 3.63) is 58.6 Å². The standard InChI is InChI=1S/C18H13ClF5NO3/c19-12-8-11(28-18(22,23)24)4-5-15(12)26-7-6-10-9-27-17(25-10)16-13(20)2-1-3-14(16)21/h1-5,8,10H,6-7,9H2. The number of hydrogen-bond donors (Lipinski definition) is 0. The first kappa shape index (κ1) is 20.2. The van der Waals surface area contributed by atoms with E-state index in [4.69, 9.17) is 21.1 Å². The second-order valence-electron chi connectivity index (χ2n) is 5.77. The SMILES string of the molecule is Fc1cccc(F)c1C1=NC(CCOc2ccc(OC(F)(F)F)cc2Cl)CO1. The maximum absolute atomic E-state index is 13.8. The van der Waals surface area contributed by atoms with Crippen molar-refractivity contribution in [3.63, 3.8) is 0 Å². The van der Waals surface area contributed by atoms with Gasteiger partial charge >= 0.3 is 6.36 Å². The molecule has 0 saturated heterocycles. The molecule has 0 fully saturated rings. The van der Waals surface area contributed by atoms with Gasteiger partial charge in [-0.2, -0.15) is 0 Å². The Balaban J connectivity index is 1.57. The van der Waals surface area contributed by atoms with E-state index in [1.165, 1.54) is 12.1 Å². The Morgan fingerprint density at radius 1 is 1.14 bits per heavy atom. The molecule has 0 spiro atoms. The van der Waals surface area contributed by atoms with E-state index in [9.17, 15) is 22.0 Å². The Morgan fingerprint density at radius 2 is 1.86 bits per heavy atom. The smallest absolute Gasteiger partial charge is 0.492 e. The van der Waals surface area contributed by atoms with Gasteiger partial charge in [-0.15, -0.1) is 13.2 Å². The van der Waals surface area contributed by atoms with Crippen molar-refractivity contribution in [2.75, 3.05) is 13.2 Å². The molecule has 0 radical (unpaired) electrons. The van der Waals surface area contributed by atoms with Crippen LogP contribution in [0.3, 0.4) is 0 Å². The number of alkyl halides is 3. The largest absolute Gasteiger partial charge is 0.573 e. The highest BCUT2D eigenvalue weighted by molar-refractivity contribution is 6.32. The lowest BCUT2D eigenvalue weighted by Gasteiger charge is -2.12. The van der Waals surface area contributed by atoms with Gasteiger partial charge in [0.15, 0.2) is 0 Å². The van der Waals surface area contributed by atoms with E-state index in [-0.39, 0.29) is 41.5 Å². The third kappa shape index (κ3) is 5.03. The maximum atomic E-state index is 13.8. The minimum absolute atomic E-state index is 0.0537. The summed E-state index contributed by atoms with van der Waals surface area (Å²) in [6.45, 7) is 0.238. The number of halogens is 6.